The molecule has 19 heavy (non-hydrogen) atoms. The number of hydrogen-bond donors (Lipinski definition) is 1. The number of allylic oxidation sites excluding steroid dienone is 1. The summed E-state index contributed by atoms with van der Waals surface area (Å²) in [5.74, 6) is -0.347. The number of benzene rings is 1. The summed E-state index contributed by atoms with van der Waals surface area (Å²) in [5.41, 5.74) is 3.07. The van der Waals surface area contributed by atoms with Crippen LogP contribution >= 0.6 is 11.3 Å². The van der Waals surface area contributed by atoms with Crippen LogP contribution in [0.4, 0.5) is 5.69 Å². The van der Waals surface area contributed by atoms with E-state index >= 15 is 0 Å². The van der Waals surface area contributed by atoms with Crippen LogP contribution in [-0.4, -0.2) is 11.7 Å². The van der Waals surface area contributed by atoms with Crippen molar-refractivity contribution >= 4 is 34.3 Å². The Balaban J connectivity index is 2.04. The summed E-state index contributed by atoms with van der Waals surface area (Å²) in [6, 6.07) is 9.29. The van der Waals surface area contributed by atoms with Gasteiger partial charge in [-0.2, -0.15) is 0 Å². The van der Waals surface area contributed by atoms with Crippen molar-refractivity contribution in [3.8, 4) is 0 Å². The Bertz CT molecular complexity index is 699. The van der Waals surface area contributed by atoms with Crippen LogP contribution in [0, 0.1) is 6.92 Å². The van der Waals surface area contributed by atoms with E-state index in [0.717, 1.165) is 16.8 Å². The first-order chi connectivity index (χ1) is 9.15. The van der Waals surface area contributed by atoms with E-state index in [0.29, 0.717) is 10.5 Å². The second-order valence-corrected chi connectivity index (χ2v) is 5.35. The average molecular weight is 269 g/mol. The summed E-state index contributed by atoms with van der Waals surface area (Å²) in [6.45, 7) is 1.96. The van der Waals surface area contributed by atoms with Gasteiger partial charge in [-0.15, -0.1) is 11.3 Å². The van der Waals surface area contributed by atoms with Gasteiger partial charge in [0.2, 0.25) is 0 Å². The first-order valence-electron chi connectivity index (χ1n) is 5.87. The van der Waals surface area contributed by atoms with Crippen molar-refractivity contribution in [2.45, 2.75) is 6.92 Å². The van der Waals surface area contributed by atoms with Crippen molar-refractivity contribution < 1.29 is 9.59 Å². The molecule has 1 aliphatic heterocycles. The van der Waals surface area contributed by atoms with E-state index in [2.05, 4.69) is 5.32 Å². The minimum absolute atomic E-state index is 0.130. The Morgan fingerprint density at radius 3 is 2.89 bits per heavy atom. The highest BCUT2D eigenvalue weighted by Gasteiger charge is 2.25. The highest BCUT2D eigenvalue weighted by Crippen LogP contribution is 2.32. The normalized spacial score (nSPS) is 15.4. The topological polar surface area (TPSA) is 46.2 Å². The van der Waals surface area contributed by atoms with Crippen molar-refractivity contribution in [3.05, 3.63) is 57.8 Å². The molecule has 94 valence electrons. The second-order valence-electron chi connectivity index (χ2n) is 4.40. The monoisotopic (exact) mass is 269 g/mol. The molecule has 1 aromatic heterocycles. The number of hydrogen-bond acceptors (Lipinski definition) is 3. The molecule has 1 amide bonds. The average Bonchev–Trinajstić information content (AvgIpc) is 2.99. The van der Waals surface area contributed by atoms with Gasteiger partial charge in [0.25, 0.3) is 5.91 Å². The van der Waals surface area contributed by atoms with Gasteiger partial charge in [0.1, 0.15) is 0 Å². The van der Waals surface area contributed by atoms with Gasteiger partial charge in [-0.25, -0.2) is 0 Å². The summed E-state index contributed by atoms with van der Waals surface area (Å²) < 4.78 is 0. The molecule has 1 N–H and O–H groups in total. The van der Waals surface area contributed by atoms with Crippen molar-refractivity contribution in [1.29, 1.82) is 0 Å². The molecule has 0 fully saturated rings. The molecule has 0 aliphatic carbocycles. The number of carbonyl (C=O) groups excluding carboxylic acids is 2. The molecule has 4 heteroatoms. The number of fused-ring (bicyclic) bond motifs is 1. The Kier molecular flexibility index (Phi) is 2.80. The van der Waals surface area contributed by atoms with Gasteiger partial charge in [0, 0.05) is 17.3 Å². The molecule has 0 radical (unpaired) electrons. The molecule has 0 spiro atoms. The largest absolute Gasteiger partial charge is 0.321 e. The van der Waals surface area contributed by atoms with Gasteiger partial charge >= 0.3 is 0 Å². The zero-order chi connectivity index (χ0) is 13.4. The zero-order valence-electron chi connectivity index (χ0n) is 10.3. The minimum atomic E-state index is -0.217. The number of rotatable bonds is 2. The third-order valence-electron chi connectivity index (χ3n) is 3.00. The lowest BCUT2D eigenvalue weighted by Gasteiger charge is -1.99. The lowest BCUT2D eigenvalue weighted by atomic mass is 10.0. The number of carbonyl (C=O) groups is 2. The van der Waals surface area contributed by atoms with Gasteiger partial charge in [0.15, 0.2) is 5.78 Å². The molecule has 1 aromatic carbocycles. The van der Waals surface area contributed by atoms with Gasteiger partial charge in [-0.1, -0.05) is 17.7 Å². The Morgan fingerprint density at radius 2 is 2.16 bits per heavy atom. The van der Waals surface area contributed by atoms with Crippen LogP contribution in [0.15, 0.2) is 41.8 Å². The van der Waals surface area contributed by atoms with Crippen LogP contribution in [0.5, 0.6) is 0 Å². The highest BCUT2D eigenvalue weighted by atomic mass is 32.1. The van der Waals surface area contributed by atoms with Crippen LogP contribution in [0.3, 0.4) is 0 Å². The molecule has 0 atom stereocenters. The Hall–Kier alpha value is -2.20. The molecule has 1 aliphatic rings. The predicted molar refractivity (Wildman–Crippen MR) is 76.4 cm³/mol. The van der Waals surface area contributed by atoms with Gasteiger partial charge in [-0.3, -0.25) is 9.59 Å². The third kappa shape index (κ3) is 2.11. The second kappa shape index (κ2) is 4.48. The van der Waals surface area contributed by atoms with E-state index in [1.807, 2.05) is 36.6 Å². The van der Waals surface area contributed by atoms with Crippen LogP contribution in [0.25, 0.3) is 5.57 Å². The van der Waals surface area contributed by atoms with Gasteiger partial charge in [-0.05, 0) is 30.5 Å². The van der Waals surface area contributed by atoms with Crippen molar-refractivity contribution in [2.75, 3.05) is 5.32 Å². The summed E-state index contributed by atoms with van der Waals surface area (Å²) in [7, 11) is 0. The van der Waals surface area contributed by atoms with E-state index in [1.165, 1.54) is 17.4 Å². The zero-order valence-corrected chi connectivity index (χ0v) is 11.1. The summed E-state index contributed by atoms with van der Waals surface area (Å²) in [6.07, 6.45) is 1.42. The molecular formula is C15H11NO2S. The molecular weight excluding hydrogens is 258 g/mol. The summed E-state index contributed by atoms with van der Waals surface area (Å²) in [4.78, 5) is 24.6. The van der Waals surface area contributed by atoms with Crippen LogP contribution < -0.4 is 5.32 Å². The van der Waals surface area contributed by atoms with E-state index in [4.69, 9.17) is 0 Å². The third-order valence-corrected chi connectivity index (χ3v) is 3.88. The number of thiophene rings is 1. The van der Waals surface area contributed by atoms with Gasteiger partial charge in [0.05, 0.1) is 10.5 Å². The van der Waals surface area contributed by atoms with E-state index in [9.17, 15) is 9.59 Å². The van der Waals surface area contributed by atoms with E-state index in [1.54, 1.807) is 6.07 Å². The first kappa shape index (κ1) is 11.9. The number of ketones is 1. The van der Waals surface area contributed by atoms with E-state index < -0.39 is 0 Å². The molecule has 2 heterocycles. The molecule has 0 unspecified atom stereocenters. The minimum Gasteiger partial charge on any atom is -0.321 e. The number of amides is 1. The number of nitrogens with one attached hydrogen (secondary N) is 1. The lowest BCUT2D eigenvalue weighted by molar-refractivity contribution is -0.110. The fourth-order valence-corrected chi connectivity index (χ4v) is 2.70. The van der Waals surface area contributed by atoms with Crippen LogP contribution in [0.2, 0.25) is 0 Å². The fourth-order valence-electron chi connectivity index (χ4n) is 2.07. The van der Waals surface area contributed by atoms with Gasteiger partial charge < -0.3 is 5.32 Å². The molecule has 0 bridgehead atoms. The Labute approximate surface area is 114 Å². The van der Waals surface area contributed by atoms with Crippen molar-refractivity contribution in [1.82, 2.24) is 0 Å². The van der Waals surface area contributed by atoms with Crippen LogP contribution in [-0.2, 0) is 4.79 Å². The molecule has 0 saturated carbocycles. The first-order valence-corrected chi connectivity index (χ1v) is 6.75. The fraction of sp³-hybridized carbons (Fsp3) is 0.0667. The van der Waals surface area contributed by atoms with E-state index in [-0.39, 0.29) is 11.7 Å². The SMILES string of the molecule is Cc1ccc2c(c1)/C(=C/C(=O)c1cccs1)C(=O)N2. The summed E-state index contributed by atoms with van der Waals surface area (Å²) in [5, 5.41) is 4.62. The number of anilines is 1. The maximum atomic E-state index is 12.1. The molecule has 0 saturated heterocycles. The quantitative estimate of drug-likeness (QED) is 0.671. The highest BCUT2D eigenvalue weighted by molar-refractivity contribution is 7.12. The lowest BCUT2D eigenvalue weighted by Crippen LogP contribution is -2.05. The number of aryl methyl sites for hydroxylation is 1. The molecule has 2 aromatic rings. The van der Waals surface area contributed by atoms with Crippen molar-refractivity contribution in [2.24, 2.45) is 0 Å². The molecule has 3 rings (SSSR count). The molecule has 3 nitrogen and oxygen atoms in total. The summed E-state index contributed by atoms with van der Waals surface area (Å²) >= 11 is 1.37. The maximum absolute atomic E-state index is 12.1. The predicted octanol–water partition coefficient (Wildman–Crippen LogP) is 3.27. The van der Waals surface area contributed by atoms with Crippen molar-refractivity contribution in [3.63, 3.8) is 0 Å². The smallest absolute Gasteiger partial charge is 0.256 e. The standard InChI is InChI=1S/C15H11NO2S/c1-9-4-5-12-10(7-9)11(15(18)16-12)8-13(17)14-3-2-6-19-14/h2-8H,1H3,(H,16,18)/b11-8-. The van der Waals surface area contributed by atoms with Crippen LogP contribution in [0.1, 0.15) is 20.8 Å². The maximum Gasteiger partial charge on any atom is 0.256 e. The Morgan fingerprint density at radius 1 is 1.32 bits per heavy atom.